The number of nitrogens with two attached hydrogens (primary N) is 2. The maximum atomic E-state index is 13.8. The molecule has 0 aromatic heterocycles. The van der Waals surface area contributed by atoms with E-state index in [2.05, 4.69) is 4.74 Å². The summed E-state index contributed by atoms with van der Waals surface area (Å²) in [5, 5.41) is -1.01. The Hall–Kier alpha value is -3.20. The molecule has 0 radical (unpaired) electrons. The van der Waals surface area contributed by atoms with Gasteiger partial charge in [0.05, 0.1) is 16.3 Å². The smallest absolute Gasteiger partial charge is 0.433 e. The molecule has 0 aliphatic carbocycles. The van der Waals surface area contributed by atoms with Crippen LogP contribution in [0.25, 0.3) is 0 Å². The Morgan fingerprint density at radius 1 is 0.591 bits per heavy atom. The van der Waals surface area contributed by atoms with Gasteiger partial charge in [-0.3, -0.25) is 0 Å². The molecule has 0 aliphatic rings. The third kappa shape index (κ3) is 7.36. The third-order valence-corrected chi connectivity index (χ3v) is 5.67. The van der Waals surface area contributed by atoms with Gasteiger partial charge in [0.1, 0.15) is 0 Å². The molecule has 4 N–H and O–H groups in total. The van der Waals surface area contributed by atoms with Crippen LogP contribution in [-0.4, -0.2) is 31.3 Å². The molecule has 0 aliphatic heterocycles. The number of aryl methyl sites for hydroxylation is 1. The Morgan fingerprint density at radius 3 is 1.27 bits per heavy atom. The minimum Gasteiger partial charge on any atom is -0.433 e. The van der Waals surface area contributed by atoms with Crippen LogP contribution in [0.1, 0.15) is 22.3 Å². The molecule has 2 rings (SSSR count). The van der Waals surface area contributed by atoms with Crippen LogP contribution in [0.2, 0.25) is 5.02 Å². The van der Waals surface area contributed by atoms with Crippen LogP contribution in [0.4, 0.5) is 94.8 Å². The van der Waals surface area contributed by atoms with Gasteiger partial charge in [-0.1, -0.05) is 17.7 Å². The summed E-state index contributed by atoms with van der Waals surface area (Å²) in [6.45, 7) is -2.89. The summed E-state index contributed by atoms with van der Waals surface area (Å²) >= 11 is 5.26. The van der Waals surface area contributed by atoms with Crippen molar-refractivity contribution in [2.24, 2.45) is 0 Å². The normalized spacial score (nSPS) is 14.0. The standard InChI is InChI=1S/C11H7F10N.C10H5ClF9NO/c1-4-2-5(3-6(7(4)22)9(13,14)15)8(12,10(16,17)18)11(19,20)21;11-4-1-3(2-5(6(4)21)22-7(12)13)8(14,9(15,16)17)10(18,19)20/h2-3H,22H2,1H3;1-2,7H,21H2. The molecule has 44 heavy (non-hydrogen) atoms. The van der Waals surface area contributed by atoms with Crippen molar-refractivity contribution in [3.63, 3.8) is 0 Å². The molecule has 0 saturated carbocycles. The summed E-state index contributed by atoms with van der Waals surface area (Å²) in [6, 6.07) is -0.876. The fraction of sp³-hybridized carbons (Fsp3) is 0.429. The molecule has 0 saturated heterocycles. The topological polar surface area (TPSA) is 61.3 Å². The van der Waals surface area contributed by atoms with E-state index < -0.39 is 99.3 Å². The minimum atomic E-state index is -6.50. The van der Waals surface area contributed by atoms with E-state index >= 15 is 0 Å². The fourth-order valence-corrected chi connectivity index (χ4v) is 3.40. The molecular formula is C21H12ClF19N2O. The minimum absolute atomic E-state index is 0.00838. The van der Waals surface area contributed by atoms with Crippen LogP contribution in [0.5, 0.6) is 5.75 Å². The van der Waals surface area contributed by atoms with Crippen molar-refractivity contribution in [1.82, 2.24) is 0 Å². The number of hydrogen-bond donors (Lipinski definition) is 2. The Morgan fingerprint density at radius 2 is 0.955 bits per heavy atom. The molecule has 0 fully saturated rings. The van der Waals surface area contributed by atoms with Gasteiger partial charge in [-0.15, -0.1) is 0 Å². The predicted octanol–water partition coefficient (Wildman–Crippen LogP) is 9.70. The first-order chi connectivity index (χ1) is 19.2. The number of ether oxygens (including phenoxy) is 1. The number of halogens is 20. The first kappa shape index (κ1) is 38.8. The van der Waals surface area contributed by atoms with Crippen molar-refractivity contribution in [2.45, 2.75) is 55.8 Å². The number of hydrogen-bond acceptors (Lipinski definition) is 3. The SMILES string of the molecule is Cc1cc(C(F)(C(F)(F)F)C(F)(F)F)cc(C(F)(F)F)c1N.Nc1c(Cl)cc(C(F)(C(F)(F)F)C(F)(F)F)cc1OC(F)F. The second-order valence-electron chi connectivity index (χ2n) is 8.31. The predicted molar refractivity (Wildman–Crippen MR) is 113 cm³/mol. The van der Waals surface area contributed by atoms with E-state index in [1.165, 1.54) is 0 Å². The first-order valence-electron chi connectivity index (χ1n) is 10.4. The molecule has 0 spiro atoms. The maximum Gasteiger partial charge on any atom is 0.435 e. The molecule has 0 amide bonds. The van der Waals surface area contributed by atoms with Crippen molar-refractivity contribution < 1.29 is 88.2 Å². The Balaban J connectivity index is 0.000000440. The van der Waals surface area contributed by atoms with E-state index in [4.69, 9.17) is 23.1 Å². The van der Waals surface area contributed by atoms with Crippen molar-refractivity contribution >= 4 is 23.0 Å². The monoisotopic (exact) mass is 704 g/mol. The highest BCUT2D eigenvalue weighted by Gasteiger charge is 2.74. The van der Waals surface area contributed by atoms with E-state index in [0.717, 1.165) is 6.92 Å². The highest BCUT2D eigenvalue weighted by molar-refractivity contribution is 6.33. The lowest BCUT2D eigenvalue weighted by Gasteiger charge is -2.31. The largest absolute Gasteiger partial charge is 0.435 e. The van der Waals surface area contributed by atoms with Crippen molar-refractivity contribution in [1.29, 1.82) is 0 Å². The van der Waals surface area contributed by atoms with Gasteiger partial charge in [0.25, 0.3) is 0 Å². The summed E-state index contributed by atoms with van der Waals surface area (Å²) in [5.41, 5.74) is -10.7. The zero-order valence-corrected chi connectivity index (χ0v) is 21.3. The number of benzene rings is 2. The summed E-state index contributed by atoms with van der Waals surface area (Å²) in [4.78, 5) is 0. The molecule has 2 aromatic carbocycles. The number of alkyl halides is 19. The lowest BCUT2D eigenvalue weighted by atomic mass is 9.90. The second-order valence-corrected chi connectivity index (χ2v) is 8.72. The van der Waals surface area contributed by atoms with Crippen LogP contribution in [0.15, 0.2) is 24.3 Å². The second kappa shape index (κ2) is 12.0. The van der Waals surface area contributed by atoms with Crippen LogP contribution in [0.3, 0.4) is 0 Å². The van der Waals surface area contributed by atoms with Gasteiger partial charge in [0.2, 0.25) is 0 Å². The van der Waals surface area contributed by atoms with Gasteiger partial charge in [-0.05, 0) is 30.7 Å². The van der Waals surface area contributed by atoms with E-state index in [1.54, 1.807) is 0 Å². The molecule has 0 heterocycles. The van der Waals surface area contributed by atoms with Crippen molar-refractivity contribution in [2.75, 3.05) is 11.5 Å². The Bertz CT molecular complexity index is 1300. The van der Waals surface area contributed by atoms with Crippen molar-refractivity contribution in [3.05, 3.63) is 51.5 Å². The average Bonchev–Trinajstić information content (AvgIpc) is 2.78. The van der Waals surface area contributed by atoms with Crippen LogP contribution in [-0.2, 0) is 17.5 Å². The lowest BCUT2D eigenvalue weighted by Crippen LogP contribution is -2.50. The third-order valence-electron chi connectivity index (χ3n) is 5.36. The highest BCUT2D eigenvalue weighted by atomic mass is 35.5. The zero-order valence-electron chi connectivity index (χ0n) is 20.5. The van der Waals surface area contributed by atoms with E-state index in [0.29, 0.717) is 0 Å². The van der Waals surface area contributed by atoms with Crippen LogP contribution < -0.4 is 16.2 Å². The highest BCUT2D eigenvalue weighted by Crippen LogP contribution is 2.56. The molecule has 23 heteroatoms. The zero-order chi connectivity index (χ0) is 35.2. The summed E-state index contributed by atoms with van der Waals surface area (Å²) in [7, 11) is 0. The fourth-order valence-electron chi connectivity index (χ4n) is 3.19. The van der Waals surface area contributed by atoms with Gasteiger partial charge in [0.15, 0.2) is 5.75 Å². The average molecular weight is 705 g/mol. The first-order valence-corrected chi connectivity index (χ1v) is 10.8. The van der Waals surface area contributed by atoms with E-state index in [1.807, 2.05) is 0 Å². The molecule has 0 atom stereocenters. The quantitative estimate of drug-likeness (QED) is 0.246. The Labute approximate surface area is 236 Å². The molecule has 0 bridgehead atoms. The summed E-state index contributed by atoms with van der Waals surface area (Å²) in [5.74, 6) is -1.31. The van der Waals surface area contributed by atoms with Gasteiger partial charge in [-0.2, -0.15) is 74.6 Å². The van der Waals surface area contributed by atoms with Crippen LogP contribution in [0, 0.1) is 6.92 Å². The number of nitrogen functional groups attached to an aromatic ring is 2. The molecule has 3 nitrogen and oxygen atoms in total. The van der Waals surface area contributed by atoms with Crippen molar-refractivity contribution in [3.8, 4) is 5.75 Å². The summed E-state index contributed by atoms with van der Waals surface area (Å²) < 4.78 is 244. The molecular weight excluding hydrogens is 693 g/mol. The number of rotatable bonds is 4. The van der Waals surface area contributed by atoms with Gasteiger partial charge in [-0.25, -0.2) is 8.78 Å². The number of anilines is 2. The lowest BCUT2D eigenvalue weighted by molar-refractivity contribution is -0.349. The molecule has 252 valence electrons. The van der Waals surface area contributed by atoms with Gasteiger partial charge >= 0.3 is 48.8 Å². The van der Waals surface area contributed by atoms with E-state index in [-0.39, 0.29) is 18.2 Å². The maximum absolute atomic E-state index is 13.8. The molecule has 2 aromatic rings. The molecule has 0 unspecified atom stereocenters. The summed E-state index contributed by atoms with van der Waals surface area (Å²) in [6.07, 6.45) is -31.2. The van der Waals surface area contributed by atoms with Gasteiger partial charge < -0.3 is 16.2 Å². The van der Waals surface area contributed by atoms with Gasteiger partial charge in [0, 0.05) is 16.8 Å². The Kier molecular flexibility index (Phi) is 10.5. The van der Waals surface area contributed by atoms with Crippen LogP contribution >= 0.6 is 11.6 Å². The van der Waals surface area contributed by atoms with E-state index in [9.17, 15) is 83.4 Å².